The van der Waals surface area contributed by atoms with E-state index >= 15 is 0 Å². The summed E-state index contributed by atoms with van der Waals surface area (Å²) in [7, 11) is 1.51. The van der Waals surface area contributed by atoms with Gasteiger partial charge >= 0.3 is 5.97 Å². The third kappa shape index (κ3) is 5.13. The first-order valence-electron chi connectivity index (χ1n) is 6.24. The standard InChI is InChI=1S/C13H18N2O5/c1-3-20-12(17)8-15(2)11(16)4-6-14-13(18)10-5-7-19-9-10/h5,7,9H,3-4,6,8H2,1-2H3,(H,14,18). The molecule has 1 aromatic heterocycles. The van der Waals surface area contributed by atoms with E-state index in [0.717, 1.165) is 0 Å². The molecule has 7 heteroatoms. The van der Waals surface area contributed by atoms with Crippen molar-refractivity contribution in [3.05, 3.63) is 24.2 Å². The van der Waals surface area contributed by atoms with E-state index < -0.39 is 5.97 Å². The highest BCUT2D eigenvalue weighted by Gasteiger charge is 2.14. The van der Waals surface area contributed by atoms with E-state index in [1.165, 1.54) is 30.5 Å². The first kappa shape index (κ1) is 15.7. The fourth-order valence-electron chi connectivity index (χ4n) is 1.46. The molecule has 0 unspecified atom stereocenters. The van der Waals surface area contributed by atoms with Crippen LogP contribution in [0.3, 0.4) is 0 Å². The summed E-state index contributed by atoms with van der Waals surface area (Å²) in [4.78, 5) is 35.7. The summed E-state index contributed by atoms with van der Waals surface area (Å²) in [6.45, 7) is 2.07. The van der Waals surface area contributed by atoms with Crippen molar-refractivity contribution in [2.45, 2.75) is 13.3 Å². The first-order chi connectivity index (χ1) is 9.54. The van der Waals surface area contributed by atoms with Crippen molar-refractivity contribution in [2.75, 3.05) is 26.7 Å². The Morgan fingerprint density at radius 2 is 2.15 bits per heavy atom. The van der Waals surface area contributed by atoms with Crippen LogP contribution in [0, 0.1) is 0 Å². The number of amides is 2. The Labute approximate surface area is 116 Å². The number of likely N-dealkylation sites (N-methyl/N-ethyl adjacent to an activating group) is 1. The molecule has 0 aliphatic heterocycles. The number of nitrogens with one attached hydrogen (secondary N) is 1. The molecule has 0 bridgehead atoms. The average molecular weight is 282 g/mol. The lowest BCUT2D eigenvalue weighted by atomic mass is 10.3. The second-order valence-electron chi connectivity index (χ2n) is 4.07. The molecule has 0 atom stereocenters. The van der Waals surface area contributed by atoms with Crippen molar-refractivity contribution in [3.8, 4) is 0 Å². The Bertz CT molecular complexity index is 455. The molecule has 1 heterocycles. The van der Waals surface area contributed by atoms with Gasteiger partial charge in [-0.2, -0.15) is 0 Å². The Hall–Kier alpha value is -2.31. The summed E-state index contributed by atoms with van der Waals surface area (Å²) < 4.78 is 9.52. The Morgan fingerprint density at radius 1 is 1.40 bits per heavy atom. The molecule has 7 nitrogen and oxygen atoms in total. The normalized spacial score (nSPS) is 9.90. The van der Waals surface area contributed by atoms with E-state index in [1.807, 2.05) is 0 Å². The molecule has 1 N–H and O–H groups in total. The number of carbonyl (C=O) groups is 3. The number of nitrogens with zero attached hydrogens (tertiary/aromatic N) is 1. The van der Waals surface area contributed by atoms with Gasteiger partial charge in [-0.05, 0) is 13.0 Å². The van der Waals surface area contributed by atoms with Gasteiger partial charge in [-0.25, -0.2) is 0 Å². The highest BCUT2D eigenvalue weighted by Crippen LogP contribution is 1.99. The lowest BCUT2D eigenvalue weighted by Crippen LogP contribution is -2.35. The first-order valence-corrected chi connectivity index (χ1v) is 6.24. The SMILES string of the molecule is CCOC(=O)CN(C)C(=O)CCNC(=O)c1ccoc1. The van der Waals surface area contributed by atoms with E-state index in [4.69, 9.17) is 9.15 Å². The lowest BCUT2D eigenvalue weighted by Gasteiger charge is -2.16. The van der Waals surface area contributed by atoms with Crippen molar-refractivity contribution < 1.29 is 23.5 Å². The van der Waals surface area contributed by atoms with Crippen molar-refractivity contribution in [2.24, 2.45) is 0 Å². The monoisotopic (exact) mass is 282 g/mol. The maximum absolute atomic E-state index is 11.7. The molecule has 0 fully saturated rings. The van der Waals surface area contributed by atoms with Gasteiger partial charge in [0.05, 0.1) is 18.4 Å². The zero-order chi connectivity index (χ0) is 15.0. The molecule has 0 saturated carbocycles. The lowest BCUT2D eigenvalue weighted by molar-refractivity contribution is -0.148. The molecule has 0 aromatic carbocycles. The molecule has 0 aliphatic rings. The second kappa shape index (κ2) is 7.98. The van der Waals surface area contributed by atoms with E-state index in [0.29, 0.717) is 5.56 Å². The van der Waals surface area contributed by atoms with Gasteiger partial charge in [0, 0.05) is 20.0 Å². The van der Waals surface area contributed by atoms with Crippen molar-refractivity contribution >= 4 is 17.8 Å². The van der Waals surface area contributed by atoms with Gasteiger partial charge < -0.3 is 19.4 Å². The molecule has 1 aromatic rings. The summed E-state index contributed by atoms with van der Waals surface area (Å²) in [5.41, 5.74) is 0.400. The molecular formula is C13H18N2O5. The molecule has 0 saturated heterocycles. The van der Waals surface area contributed by atoms with Crippen LogP contribution in [0.15, 0.2) is 23.0 Å². The number of carbonyl (C=O) groups excluding carboxylic acids is 3. The number of rotatable bonds is 7. The minimum absolute atomic E-state index is 0.0949. The van der Waals surface area contributed by atoms with Gasteiger partial charge in [0.2, 0.25) is 5.91 Å². The Morgan fingerprint density at radius 3 is 2.75 bits per heavy atom. The summed E-state index contributed by atoms with van der Waals surface area (Å²) in [6, 6.07) is 1.53. The van der Waals surface area contributed by atoms with Crippen LogP contribution in [0.5, 0.6) is 0 Å². The number of esters is 1. The van der Waals surface area contributed by atoms with Crippen LogP contribution in [-0.4, -0.2) is 49.4 Å². The minimum Gasteiger partial charge on any atom is -0.472 e. The van der Waals surface area contributed by atoms with Gasteiger partial charge in [-0.1, -0.05) is 0 Å². The molecular weight excluding hydrogens is 264 g/mol. The van der Waals surface area contributed by atoms with Gasteiger partial charge in [0.1, 0.15) is 12.8 Å². The number of hydrogen-bond donors (Lipinski definition) is 1. The Balaban J connectivity index is 2.25. The van der Waals surface area contributed by atoms with Crippen LogP contribution < -0.4 is 5.32 Å². The van der Waals surface area contributed by atoms with Gasteiger partial charge in [-0.3, -0.25) is 14.4 Å². The highest BCUT2D eigenvalue weighted by atomic mass is 16.5. The van der Waals surface area contributed by atoms with Crippen LogP contribution in [0.25, 0.3) is 0 Å². The largest absolute Gasteiger partial charge is 0.472 e. The third-order valence-electron chi connectivity index (χ3n) is 2.51. The van der Waals surface area contributed by atoms with Crippen LogP contribution in [0.1, 0.15) is 23.7 Å². The maximum Gasteiger partial charge on any atom is 0.325 e. The predicted molar refractivity (Wildman–Crippen MR) is 69.9 cm³/mol. The summed E-state index contributed by atoms with van der Waals surface area (Å²) in [5, 5.41) is 2.59. The van der Waals surface area contributed by atoms with Crippen molar-refractivity contribution in [1.82, 2.24) is 10.2 Å². The summed E-state index contributed by atoms with van der Waals surface area (Å²) in [6.07, 6.45) is 2.83. The van der Waals surface area contributed by atoms with Crippen LogP contribution >= 0.6 is 0 Å². The average Bonchev–Trinajstić information content (AvgIpc) is 2.92. The molecule has 0 aliphatic carbocycles. The second-order valence-corrected chi connectivity index (χ2v) is 4.07. The van der Waals surface area contributed by atoms with Crippen molar-refractivity contribution in [3.63, 3.8) is 0 Å². The highest BCUT2D eigenvalue weighted by molar-refractivity contribution is 5.94. The van der Waals surface area contributed by atoms with E-state index in [-0.39, 0.29) is 37.9 Å². The van der Waals surface area contributed by atoms with E-state index in [2.05, 4.69) is 5.32 Å². The smallest absolute Gasteiger partial charge is 0.325 e. The van der Waals surface area contributed by atoms with Crippen LogP contribution in [-0.2, 0) is 14.3 Å². The van der Waals surface area contributed by atoms with Crippen LogP contribution in [0.4, 0.5) is 0 Å². The summed E-state index contributed by atoms with van der Waals surface area (Å²) >= 11 is 0. The minimum atomic E-state index is -0.453. The predicted octanol–water partition coefficient (Wildman–Crippen LogP) is 0.421. The topological polar surface area (TPSA) is 88.9 Å². The third-order valence-corrected chi connectivity index (χ3v) is 2.51. The van der Waals surface area contributed by atoms with Gasteiger partial charge in [0.25, 0.3) is 5.91 Å². The zero-order valence-corrected chi connectivity index (χ0v) is 11.5. The van der Waals surface area contributed by atoms with E-state index in [9.17, 15) is 14.4 Å². The van der Waals surface area contributed by atoms with Crippen molar-refractivity contribution in [1.29, 1.82) is 0 Å². The van der Waals surface area contributed by atoms with Gasteiger partial charge in [0.15, 0.2) is 0 Å². The van der Waals surface area contributed by atoms with Gasteiger partial charge in [-0.15, -0.1) is 0 Å². The molecule has 110 valence electrons. The quantitative estimate of drug-likeness (QED) is 0.732. The number of furan rings is 1. The number of ether oxygens (including phenoxy) is 1. The fourth-order valence-corrected chi connectivity index (χ4v) is 1.46. The van der Waals surface area contributed by atoms with Crippen LogP contribution in [0.2, 0.25) is 0 Å². The number of hydrogen-bond acceptors (Lipinski definition) is 5. The summed E-state index contributed by atoms with van der Waals surface area (Å²) in [5.74, 6) is -1.00. The maximum atomic E-state index is 11.7. The Kier molecular flexibility index (Phi) is 6.28. The molecule has 0 radical (unpaired) electrons. The molecule has 20 heavy (non-hydrogen) atoms. The molecule has 0 spiro atoms. The molecule has 2 amide bonds. The molecule has 1 rings (SSSR count). The fraction of sp³-hybridized carbons (Fsp3) is 0.462. The van der Waals surface area contributed by atoms with E-state index in [1.54, 1.807) is 6.92 Å². The zero-order valence-electron chi connectivity index (χ0n) is 11.5.